The Labute approximate surface area is 245 Å². The lowest BCUT2D eigenvalue weighted by molar-refractivity contribution is 0.0799. The van der Waals surface area contributed by atoms with Crippen molar-refractivity contribution >= 4 is 34.4 Å². The molecule has 4 heterocycles. The fourth-order valence-electron chi connectivity index (χ4n) is 5.41. The molecule has 3 aromatic heterocycles. The monoisotopic (exact) mass is 573 g/mol. The van der Waals surface area contributed by atoms with E-state index in [0.29, 0.717) is 40.8 Å². The van der Waals surface area contributed by atoms with Crippen molar-refractivity contribution in [3.05, 3.63) is 82.9 Å². The molecule has 0 atom stereocenters. The minimum Gasteiger partial charge on any atom is -0.390 e. The Kier molecular flexibility index (Phi) is 8.91. The second-order valence-corrected chi connectivity index (χ2v) is 12.2. The lowest BCUT2D eigenvalue weighted by Gasteiger charge is -2.32. The molecule has 0 bridgehead atoms. The van der Waals surface area contributed by atoms with Crippen molar-refractivity contribution in [3.8, 4) is 5.82 Å². The molecule has 1 aliphatic heterocycles. The molecule has 9 nitrogen and oxygen atoms in total. The van der Waals surface area contributed by atoms with Crippen LogP contribution in [0.3, 0.4) is 0 Å². The third-order valence-electron chi connectivity index (χ3n) is 7.44. The quantitative estimate of drug-likeness (QED) is 0.248. The number of pyridine rings is 1. The van der Waals surface area contributed by atoms with Gasteiger partial charge in [0, 0.05) is 36.3 Å². The Bertz CT molecular complexity index is 1550. The summed E-state index contributed by atoms with van der Waals surface area (Å²) in [5.74, 6) is 2.71. The molecule has 4 aromatic rings. The number of rotatable bonds is 11. The van der Waals surface area contributed by atoms with Gasteiger partial charge < -0.3 is 15.3 Å². The van der Waals surface area contributed by atoms with Gasteiger partial charge in [-0.3, -0.25) is 4.79 Å². The van der Waals surface area contributed by atoms with Crippen molar-refractivity contribution in [2.75, 3.05) is 37.0 Å². The summed E-state index contributed by atoms with van der Waals surface area (Å²) < 4.78 is 3.25. The molecule has 0 amide bonds. The van der Waals surface area contributed by atoms with E-state index in [1.54, 1.807) is 35.5 Å². The number of likely N-dealkylation sites (tertiary alicyclic amines) is 1. The second-order valence-electron chi connectivity index (χ2n) is 11.3. The highest BCUT2D eigenvalue weighted by molar-refractivity contribution is 7.98. The molecular weight excluding hydrogens is 534 g/mol. The molecule has 0 radical (unpaired) electrons. The normalized spacial score (nSPS) is 14.9. The third kappa shape index (κ3) is 6.89. The second kappa shape index (κ2) is 12.6. The zero-order chi connectivity index (χ0) is 29.0. The Hall–Kier alpha value is -3.47. The number of nitrogens with one attached hydrogen (secondary N) is 1. The molecule has 41 heavy (non-hydrogen) atoms. The molecule has 1 saturated heterocycles. The first-order valence-corrected chi connectivity index (χ1v) is 15.5. The Morgan fingerprint density at radius 1 is 1.15 bits per heavy atom. The van der Waals surface area contributed by atoms with E-state index in [4.69, 9.17) is 9.97 Å². The van der Waals surface area contributed by atoms with Crippen molar-refractivity contribution in [1.29, 1.82) is 0 Å². The van der Waals surface area contributed by atoms with Gasteiger partial charge in [-0.15, -0.1) is 6.58 Å². The summed E-state index contributed by atoms with van der Waals surface area (Å²) in [5, 5.41) is 14.0. The molecule has 5 rings (SSSR count). The van der Waals surface area contributed by atoms with Gasteiger partial charge in [-0.05, 0) is 81.8 Å². The van der Waals surface area contributed by atoms with Gasteiger partial charge in [-0.2, -0.15) is 16.7 Å². The number of thioether (sulfide) groups is 1. The van der Waals surface area contributed by atoms with Crippen LogP contribution in [0.4, 0.5) is 11.6 Å². The fourth-order valence-corrected chi connectivity index (χ4v) is 5.85. The van der Waals surface area contributed by atoms with Gasteiger partial charge in [0.05, 0.1) is 12.1 Å². The van der Waals surface area contributed by atoms with Gasteiger partial charge in [0.2, 0.25) is 5.95 Å². The van der Waals surface area contributed by atoms with Crippen molar-refractivity contribution in [2.24, 2.45) is 0 Å². The highest BCUT2D eigenvalue weighted by atomic mass is 32.2. The molecule has 0 saturated carbocycles. The maximum atomic E-state index is 13.3. The smallest absolute Gasteiger partial charge is 0.278 e. The van der Waals surface area contributed by atoms with Crippen LogP contribution in [-0.2, 0) is 13.0 Å². The molecule has 1 aliphatic rings. The summed E-state index contributed by atoms with van der Waals surface area (Å²) in [6.07, 6.45) is 8.14. The summed E-state index contributed by atoms with van der Waals surface area (Å²) in [7, 11) is 0. The third-order valence-corrected chi connectivity index (χ3v) is 8.03. The number of hydrogen-bond acceptors (Lipinski definition) is 8. The average molecular weight is 574 g/mol. The van der Waals surface area contributed by atoms with Crippen LogP contribution in [0.1, 0.15) is 43.9 Å². The molecule has 2 N–H and O–H groups in total. The van der Waals surface area contributed by atoms with Crippen LogP contribution >= 0.6 is 11.8 Å². The Morgan fingerprint density at radius 2 is 1.90 bits per heavy atom. The van der Waals surface area contributed by atoms with E-state index in [0.717, 1.165) is 18.8 Å². The number of piperidine rings is 1. The summed E-state index contributed by atoms with van der Waals surface area (Å²) in [5.41, 5.74) is 2.29. The van der Waals surface area contributed by atoms with Gasteiger partial charge in [-0.1, -0.05) is 24.3 Å². The Morgan fingerprint density at radius 3 is 2.59 bits per heavy atom. The van der Waals surface area contributed by atoms with Crippen molar-refractivity contribution < 1.29 is 5.11 Å². The molecule has 10 heteroatoms. The number of fused-ring (bicyclic) bond motifs is 1. The minimum atomic E-state index is -0.912. The molecule has 0 spiro atoms. The van der Waals surface area contributed by atoms with Crippen LogP contribution in [0.2, 0.25) is 0 Å². The number of anilines is 2. The summed E-state index contributed by atoms with van der Waals surface area (Å²) in [6, 6.07) is 14.1. The van der Waals surface area contributed by atoms with Gasteiger partial charge in [0.1, 0.15) is 5.39 Å². The van der Waals surface area contributed by atoms with E-state index in [2.05, 4.69) is 52.3 Å². The summed E-state index contributed by atoms with van der Waals surface area (Å²) >= 11 is 1.91. The number of allylic oxidation sites excluding steroid dienone is 1. The fraction of sp³-hybridized carbons (Fsp3) is 0.419. The van der Waals surface area contributed by atoms with Gasteiger partial charge in [0.25, 0.3) is 5.56 Å². The maximum absolute atomic E-state index is 13.3. The molecule has 1 fully saturated rings. The number of benzene rings is 1. The van der Waals surface area contributed by atoms with Crippen LogP contribution in [0, 0.1) is 0 Å². The lowest BCUT2D eigenvalue weighted by Crippen LogP contribution is -2.34. The van der Waals surface area contributed by atoms with Gasteiger partial charge in [0.15, 0.2) is 11.5 Å². The number of aromatic nitrogens is 5. The lowest BCUT2D eigenvalue weighted by atomic mass is 9.89. The van der Waals surface area contributed by atoms with Crippen LogP contribution in [0.15, 0.2) is 66.1 Å². The average Bonchev–Trinajstić information content (AvgIpc) is 3.22. The maximum Gasteiger partial charge on any atom is 0.278 e. The van der Waals surface area contributed by atoms with Crippen molar-refractivity contribution in [2.45, 2.75) is 51.2 Å². The first-order valence-electron chi connectivity index (χ1n) is 14.1. The number of aliphatic hydroxyl groups is 1. The van der Waals surface area contributed by atoms with Crippen molar-refractivity contribution in [3.63, 3.8) is 0 Å². The predicted octanol–water partition coefficient (Wildman–Crippen LogP) is 4.76. The first-order chi connectivity index (χ1) is 19.8. The van der Waals surface area contributed by atoms with E-state index < -0.39 is 5.60 Å². The van der Waals surface area contributed by atoms with E-state index in [1.807, 2.05) is 30.0 Å². The van der Waals surface area contributed by atoms with E-state index >= 15 is 0 Å². The zero-order valence-electron chi connectivity index (χ0n) is 24.1. The number of hydrogen-bond donors (Lipinski definition) is 2. The van der Waals surface area contributed by atoms with Crippen LogP contribution in [0.5, 0.6) is 0 Å². The van der Waals surface area contributed by atoms with Crippen LogP contribution < -0.4 is 10.9 Å². The van der Waals surface area contributed by atoms with Crippen LogP contribution in [-0.4, -0.2) is 71.6 Å². The van der Waals surface area contributed by atoms with E-state index in [1.165, 1.54) is 30.7 Å². The Balaban J connectivity index is 1.39. The molecule has 0 aliphatic carbocycles. The largest absolute Gasteiger partial charge is 0.390 e. The SMILES string of the molecule is C=CCn1c(=O)c2cnc(Nc3ccc(C4CCN(CCSC)CC4)cc3)nc2n1-c1cccc(CC(C)(C)O)n1. The summed E-state index contributed by atoms with van der Waals surface area (Å²) in [4.78, 5) is 29.8. The predicted molar refractivity (Wildman–Crippen MR) is 168 cm³/mol. The number of nitrogens with zero attached hydrogens (tertiary/aromatic N) is 6. The zero-order valence-corrected chi connectivity index (χ0v) is 24.9. The van der Waals surface area contributed by atoms with E-state index in [-0.39, 0.29) is 12.1 Å². The highest BCUT2D eigenvalue weighted by Gasteiger charge is 2.21. The van der Waals surface area contributed by atoms with Gasteiger partial charge in [-0.25, -0.2) is 19.3 Å². The molecular formula is C31H39N7O2S. The topological polar surface area (TPSA) is 101 Å². The minimum absolute atomic E-state index is 0.218. The van der Waals surface area contributed by atoms with Gasteiger partial charge >= 0.3 is 0 Å². The first kappa shape index (κ1) is 29.0. The van der Waals surface area contributed by atoms with Crippen molar-refractivity contribution in [1.82, 2.24) is 29.2 Å². The molecule has 216 valence electrons. The van der Waals surface area contributed by atoms with E-state index in [9.17, 15) is 9.90 Å². The summed E-state index contributed by atoms with van der Waals surface area (Å²) in [6.45, 7) is 11.1. The standard InChI is InChI=1S/C31H39N7O2S/c1-5-15-37-29(39)26-21-32-30(35-28(26)38(37)27-8-6-7-25(33-27)20-31(2,3)40)34-24-11-9-22(10-12-24)23-13-16-36(17-14-23)18-19-41-4/h5-12,21,23,40H,1,13-20H2,2-4H3,(H,32,34,35). The van der Waals surface area contributed by atoms with Crippen LogP contribution in [0.25, 0.3) is 16.9 Å². The molecule has 1 aromatic carbocycles. The molecule has 0 unspecified atom stereocenters. The highest BCUT2D eigenvalue weighted by Crippen LogP contribution is 2.29.